The molecule has 0 bridgehead atoms. The van der Waals surface area contributed by atoms with Crippen LogP contribution >= 0.6 is 0 Å². The first-order valence-corrected chi connectivity index (χ1v) is 8.08. The molecule has 0 N–H and O–H groups in total. The standard InChI is InChI=1S/C21H16N2O2/c1-14-21(23-13-25-14)20(24)10-15-7-8-17-11-18(12-22-19(17)9-15)16-5-3-2-4-6-16/h2-9,11-13H,10H2,1H3. The van der Waals surface area contributed by atoms with Gasteiger partial charge in [-0.1, -0.05) is 42.5 Å². The van der Waals surface area contributed by atoms with Gasteiger partial charge in [0.25, 0.3) is 0 Å². The average molecular weight is 328 g/mol. The van der Waals surface area contributed by atoms with E-state index in [0.29, 0.717) is 11.5 Å². The molecule has 0 fully saturated rings. The molecule has 4 nitrogen and oxygen atoms in total. The van der Waals surface area contributed by atoms with Gasteiger partial charge < -0.3 is 4.42 Å². The Kier molecular flexibility index (Phi) is 3.86. The summed E-state index contributed by atoms with van der Waals surface area (Å²) in [6.07, 6.45) is 3.45. The minimum Gasteiger partial charge on any atom is -0.448 e. The van der Waals surface area contributed by atoms with E-state index in [4.69, 9.17) is 4.42 Å². The van der Waals surface area contributed by atoms with Gasteiger partial charge in [-0.15, -0.1) is 0 Å². The van der Waals surface area contributed by atoms with Gasteiger partial charge in [-0.05, 0) is 30.2 Å². The fourth-order valence-corrected chi connectivity index (χ4v) is 2.91. The van der Waals surface area contributed by atoms with Crippen LogP contribution in [0, 0.1) is 6.92 Å². The number of benzene rings is 2. The SMILES string of the molecule is Cc1ocnc1C(=O)Cc1ccc2cc(-c3ccccc3)cnc2c1. The number of carbonyl (C=O) groups excluding carboxylic acids is 1. The van der Waals surface area contributed by atoms with E-state index in [2.05, 4.69) is 28.2 Å². The molecule has 2 aromatic carbocycles. The maximum atomic E-state index is 12.3. The highest BCUT2D eigenvalue weighted by Gasteiger charge is 2.14. The number of rotatable bonds is 4. The smallest absolute Gasteiger partial charge is 0.189 e. The topological polar surface area (TPSA) is 56.0 Å². The van der Waals surface area contributed by atoms with Gasteiger partial charge in [0.15, 0.2) is 12.2 Å². The van der Waals surface area contributed by atoms with Crippen LogP contribution in [0.2, 0.25) is 0 Å². The van der Waals surface area contributed by atoms with Crippen molar-refractivity contribution in [2.24, 2.45) is 0 Å². The first-order valence-electron chi connectivity index (χ1n) is 8.08. The van der Waals surface area contributed by atoms with Gasteiger partial charge >= 0.3 is 0 Å². The fraction of sp³-hybridized carbons (Fsp3) is 0.0952. The molecular formula is C21H16N2O2. The Morgan fingerprint density at radius 1 is 1.00 bits per heavy atom. The van der Waals surface area contributed by atoms with Crippen LogP contribution < -0.4 is 0 Å². The summed E-state index contributed by atoms with van der Waals surface area (Å²) in [4.78, 5) is 20.9. The van der Waals surface area contributed by atoms with Crippen molar-refractivity contribution in [1.29, 1.82) is 0 Å². The van der Waals surface area contributed by atoms with E-state index in [1.165, 1.54) is 6.39 Å². The van der Waals surface area contributed by atoms with Crippen molar-refractivity contribution in [1.82, 2.24) is 9.97 Å². The Hall–Kier alpha value is -3.27. The summed E-state index contributed by atoms with van der Waals surface area (Å²) >= 11 is 0. The van der Waals surface area contributed by atoms with E-state index >= 15 is 0 Å². The Morgan fingerprint density at radius 2 is 1.84 bits per heavy atom. The molecule has 2 heterocycles. The number of hydrogen-bond acceptors (Lipinski definition) is 4. The Balaban J connectivity index is 1.63. The number of nitrogens with zero attached hydrogens (tertiary/aromatic N) is 2. The molecule has 4 rings (SSSR count). The number of oxazole rings is 1. The van der Waals surface area contributed by atoms with Crippen LogP contribution in [-0.4, -0.2) is 15.8 Å². The summed E-state index contributed by atoms with van der Waals surface area (Å²) < 4.78 is 5.10. The molecule has 0 saturated carbocycles. The van der Waals surface area contributed by atoms with E-state index in [1.54, 1.807) is 6.92 Å². The van der Waals surface area contributed by atoms with Crippen LogP contribution in [0.3, 0.4) is 0 Å². The van der Waals surface area contributed by atoms with Gasteiger partial charge in [0.2, 0.25) is 0 Å². The summed E-state index contributed by atoms with van der Waals surface area (Å²) in [5, 5.41) is 1.05. The predicted molar refractivity (Wildman–Crippen MR) is 96.5 cm³/mol. The van der Waals surface area contributed by atoms with Gasteiger partial charge in [-0.2, -0.15) is 0 Å². The zero-order chi connectivity index (χ0) is 17.2. The second-order valence-electron chi connectivity index (χ2n) is 5.97. The van der Waals surface area contributed by atoms with Crippen molar-refractivity contribution in [3.63, 3.8) is 0 Å². The maximum Gasteiger partial charge on any atom is 0.189 e. The first-order chi connectivity index (χ1) is 12.2. The van der Waals surface area contributed by atoms with Gasteiger partial charge in [0.1, 0.15) is 11.5 Å². The second-order valence-corrected chi connectivity index (χ2v) is 5.97. The number of Topliss-reactive ketones (excluding diaryl/α,β-unsaturated/α-hetero) is 1. The van der Waals surface area contributed by atoms with Gasteiger partial charge in [-0.25, -0.2) is 4.98 Å². The van der Waals surface area contributed by atoms with Crippen LogP contribution in [0.25, 0.3) is 22.0 Å². The minimum absolute atomic E-state index is 0.0495. The van der Waals surface area contributed by atoms with Crippen molar-refractivity contribution in [3.8, 4) is 11.1 Å². The summed E-state index contributed by atoms with van der Waals surface area (Å²) in [7, 11) is 0. The summed E-state index contributed by atoms with van der Waals surface area (Å²) in [6, 6.07) is 18.2. The molecule has 0 aliphatic carbocycles. The first kappa shape index (κ1) is 15.3. The predicted octanol–water partition coefficient (Wildman–Crippen LogP) is 4.62. The molecule has 2 aromatic heterocycles. The van der Waals surface area contributed by atoms with E-state index in [9.17, 15) is 4.79 Å². The van der Waals surface area contributed by atoms with Crippen molar-refractivity contribution in [3.05, 3.63) is 84.2 Å². The lowest BCUT2D eigenvalue weighted by Gasteiger charge is -2.05. The lowest BCUT2D eigenvalue weighted by Crippen LogP contribution is -2.05. The third kappa shape index (κ3) is 3.06. The lowest BCUT2D eigenvalue weighted by molar-refractivity contribution is 0.0987. The van der Waals surface area contributed by atoms with Gasteiger partial charge in [0.05, 0.1) is 5.52 Å². The molecule has 0 aliphatic heterocycles. The fourth-order valence-electron chi connectivity index (χ4n) is 2.91. The number of carbonyl (C=O) groups is 1. The van der Waals surface area contributed by atoms with Crippen LogP contribution in [0.5, 0.6) is 0 Å². The summed E-state index contributed by atoms with van der Waals surface area (Å²) in [5.74, 6) is 0.503. The zero-order valence-corrected chi connectivity index (χ0v) is 13.8. The molecular weight excluding hydrogens is 312 g/mol. The van der Waals surface area contributed by atoms with Crippen LogP contribution in [0.4, 0.5) is 0 Å². The molecule has 4 aromatic rings. The van der Waals surface area contributed by atoms with Gasteiger partial charge in [0, 0.05) is 23.6 Å². The number of fused-ring (bicyclic) bond motifs is 1. The van der Waals surface area contributed by atoms with E-state index in [1.807, 2.05) is 42.6 Å². The van der Waals surface area contributed by atoms with Crippen molar-refractivity contribution in [2.45, 2.75) is 13.3 Å². The van der Waals surface area contributed by atoms with E-state index < -0.39 is 0 Å². The van der Waals surface area contributed by atoms with E-state index in [-0.39, 0.29) is 12.2 Å². The molecule has 4 heteroatoms. The number of hydrogen-bond donors (Lipinski definition) is 0. The molecule has 0 amide bonds. The number of aromatic nitrogens is 2. The maximum absolute atomic E-state index is 12.3. The largest absolute Gasteiger partial charge is 0.448 e. The third-order valence-corrected chi connectivity index (χ3v) is 4.23. The van der Waals surface area contributed by atoms with Crippen molar-refractivity contribution < 1.29 is 9.21 Å². The summed E-state index contributed by atoms with van der Waals surface area (Å²) in [6.45, 7) is 1.74. The van der Waals surface area contributed by atoms with Crippen molar-refractivity contribution >= 4 is 16.7 Å². The number of aryl methyl sites for hydroxylation is 1. The number of pyridine rings is 1. The molecule has 0 atom stereocenters. The molecule has 0 spiro atoms. The molecule has 25 heavy (non-hydrogen) atoms. The third-order valence-electron chi connectivity index (χ3n) is 4.23. The monoisotopic (exact) mass is 328 g/mol. The molecule has 122 valence electrons. The molecule has 0 unspecified atom stereocenters. The highest BCUT2D eigenvalue weighted by Crippen LogP contribution is 2.23. The van der Waals surface area contributed by atoms with Crippen LogP contribution in [0.1, 0.15) is 21.8 Å². The Morgan fingerprint density at radius 3 is 2.60 bits per heavy atom. The van der Waals surface area contributed by atoms with E-state index in [0.717, 1.165) is 27.6 Å². The highest BCUT2D eigenvalue weighted by atomic mass is 16.3. The minimum atomic E-state index is -0.0495. The quantitative estimate of drug-likeness (QED) is 0.513. The van der Waals surface area contributed by atoms with Gasteiger partial charge in [-0.3, -0.25) is 9.78 Å². The Bertz CT molecular complexity index is 1050. The normalized spacial score (nSPS) is 10.9. The second kappa shape index (κ2) is 6.32. The van der Waals surface area contributed by atoms with Crippen molar-refractivity contribution in [2.75, 3.05) is 0 Å². The molecule has 0 saturated heterocycles. The van der Waals surface area contributed by atoms with Crippen LogP contribution in [-0.2, 0) is 6.42 Å². The van der Waals surface area contributed by atoms with Crippen LogP contribution in [0.15, 0.2) is 71.6 Å². The summed E-state index contributed by atoms with van der Waals surface area (Å²) in [5.41, 5.74) is 4.40. The average Bonchev–Trinajstić information content (AvgIpc) is 3.08. The number of ketones is 1. The lowest BCUT2D eigenvalue weighted by atomic mass is 10.0. The highest BCUT2D eigenvalue weighted by molar-refractivity contribution is 5.97. The molecule has 0 aliphatic rings. The molecule has 0 radical (unpaired) electrons. The Labute approximate surface area is 145 Å². The zero-order valence-electron chi connectivity index (χ0n) is 13.8.